The summed E-state index contributed by atoms with van der Waals surface area (Å²) in [6.07, 6.45) is 2.33. The van der Waals surface area contributed by atoms with Crippen LogP contribution in [0.4, 0.5) is 0 Å². The summed E-state index contributed by atoms with van der Waals surface area (Å²) in [6.45, 7) is 4.16. The van der Waals surface area contributed by atoms with Crippen molar-refractivity contribution in [3.05, 3.63) is 11.8 Å². The third-order valence-corrected chi connectivity index (χ3v) is 0.712. The molecule has 0 saturated carbocycles. The molecule has 0 aliphatic rings. The van der Waals surface area contributed by atoms with Crippen molar-refractivity contribution in [1.29, 1.82) is 0 Å². The minimum atomic E-state index is 0.410. The molecule has 46 valence electrons. The molecule has 0 aromatic carbocycles. The Morgan fingerprint density at radius 2 is 2.38 bits per heavy atom. The van der Waals surface area contributed by atoms with Gasteiger partial charge in [-0.2, -0.15) is 0 Å². The van der Waals surface area contributed by atoms with Crippen LogP contribution in [0, 0.1) is 0 Å². The van der Waals surface area contributed by atoms with Gasteiger partial charge in [0.1, 0.15) is 0 Å². The van der Waals surface area contributed by atoms with E-state index in [1.54, 1.807) is 13.0 Å². The minimum absolute atomic E-state index is 0.410. The smallest absolute Gasteiger partial charge is 0.184 e. The Kier molecular flexibility index (Phi) is 3.94. The Morgan fingerprint density at radius 3 is 2.50 bits per heavy atom. The predicted molar refractivity (Wildman–Crippen MR) is 31.4 cm³/mol. The highest BCUT2D eigenvalue weighted by Gasteiger charge is 1.86. The minimum Gasteiger partial charge on any atom is -0.491 e. The first-order valence-electron chi connectivity index (χ1n) is 2.59. The average molecular weight is 114 g/mol. The second-order valence-electron chi connectivity index (χ2n) is 1.24. The van der Waals surface area contributed by atoms with E-state index in [1.165, 1.54) is 0 Å². The second kappa shape index (κ2) is 4.37. The van der Waals surface area contributed by atoms with E-state index in [0.29, 0.717) is 18.7 Å². The van der Waals surface area contributed by atoms with Crippen molar-refractivity contribution in [2.75, 3.05) is 6.61 Å². The van der Waals surface area contributed by atoms with Crippen LogP contribution in [0.3, 0.4) is 0 Å². The van der Waals surface area contributed by atoms with E-state index >= 15 is 0 Å². The molecular weight excluding hydrogens is 104 g/mol. The Balaban J connectivity index is 3.54. The van der Waals surface area contributed by atoms with Crippen molar-refractivity contribution >= 4 is 6.29 Å². The van der Waals surface area contributed by atoms with Crippen LogP contribution in [0.25, 0.3) is 0 Å². The van der Waals surface area contributed by atoms with Crippen molar-refractivity contribution in [3.8, 4) is 0 Å². The van der Waals surface area contributed by atoms with Crippen LogP contribution in [0.1, 0.15) is 13.8 Å². The Morgan fingerprint density at radius 1 is 1.75 bits per heavy atom. The average Bonchev–Trinajstić information content (AvgIpc) is 1.83. The molecule has 0 rings (SSSR count). The molecule has 2 heteroatoms. The van der Waals surface area contributed by atoms with Gasteiger partial charge in [0.25, 0.3) is 0 Å². The molecule has 0 unspecified atom stereocenters. The summed E-state index contributed by atoms with van der Waals surface area (Å²) in [5.41, 5.74) is 0. The fourth-order valence-corrected chi connectivity index (χ4v) is 0.352. The molecule has 2 nitrogen and oxygen atoms in total. The second-order valence-corrected chi connectivity index (χ2v) is 1.24. The van der Waals surface area contributed by atoms with Crippen LogP contribution >= 0.6 is 0 Å². The van der Waals surface area contributed by atoms with E-state index in [-0.39, 0.29) is 0 Å². The number of hydrogen-bond acceptors (Lipinski definition) is 2. The van der Waals surface area contributed by atoms with E-state index in [9.17, 15) is 4.79 Å². The highest BCUT2D eigenvalue weighted by Crippen LogP contribution is 1.89. The number of allylic oxidation sites excluding steroid dienone is 2. The Hall–Kier alpha value is -0.790. The summed E-state index contributed by atoms with van der Waals surface area (Å²) >= 11 is 0. The quantitative estimate of drug-likeness (QED) is 0.312. The summed E-state index contributed by atoms with van der Waals surface area (Å²) in [7, 11) is 0. The highest BCUT2D eigenvalue weighted by molar-refractivity contribution is 5.69. The zero-order valence-electron chi connectivity index (χ0n) is 5.18. The molecule has 0 aliphatic heterocycles. The van der Waals surface area contributed by atoms with Gasteiger partial charge >= 0.3 is 0 Å². The maximum Gasteiger partial charge on any atom is 0.184 e. The summed E-state index contributed by atoms with van der Waals surface area (Å²) in [5, 5.41) is 0. The van der Waals surface area contributed by atoms with Crippen LogP contribution in [-0.4, -0.2) is 12.9 Å². The fourth-order valence-electron chi connectivity index (χ4n) is 0.352. The van der Waals surface area contributed by atoms with Crippen molar-refractivity contribution in [2.24, 2.45) is 0 Å². The molecule has 0 radical (unpaired) electrons. The lowest BCUT2D eigenvalue weighted by Crippen LogP contribution is -1.90. The lowest BCUT2D eigenvalue weighted by molar-refractivity contribution is -0.107. The number of aldehydes is 1. The summed E-state index contributed by atoms with van der Waals surface area (Å²) in [5.74, 6) is 0.410. The molecule has 8 heavy (non-hydrogen) atoms. The number of carbonyl (C=O) groups is 1. The molecule has 0 fully saturated rings. The first-order valence-corrected chi connectivity index (χ1v) is 2.59. The molecule has 0 aromatic rings. The van der Waals surface area contributed by atoms with Gasteiger partial charge in [-0.1, -0.05) is 0 Å². The standard InChI is InChI=1S/C6H10O2/c1-3-6(5-7)8-4-2/h3,5H,4H2,1-2H3/b6-3-. The van der Waals surface area contributed by atoms with E-state index in [2.05, 4.69) is 0 Å². The van der Waals surface area contributed by atoms with Crippen LogP contribution in [-0.2, 0) is 9.53 Å². The number of hydrogen-bond donors (Lipinski definition) is 0. The maximum atomic E-state index is 9.93. The number of rotatable bonds is 3. The van der Waals surface area contributed by atoms with E-state index in [0.717, 1.165) is 0 Å². The van der Waals surface area contributed by atoms with Gasteiger partial charge in [-0.15, -0.1) is 0 Å². The molecule has 0 aromatic heterocycles. The van der Waals surface area contributed by atoms with Gasteiger partial charge in [0.2, 0.25) is 0 Å². The zero-order valence-corrected chi connectivity index (χ0v) is 5.18. The van der Waals surface area contributed by atoms with Gasteiger partial charge in [-0.25, -0.2) is 0 Å². The van der Waals surface area contributed by atoms with Gasteiger partial charge in [0.05, 0.1) is 6.61 Å². The summed E-state index contributed by atoms with van der Waals surface area (Å²) < 4.78 is 4.83. The highest BCUT2D eigenvalue weighted by atomic mass is 16.5. The molecular formula is C6H10O2. The first-order chi connectivity index (χ1) is 3.85. The molecule has 0 heterocycles. The lowest BCUT2D eigenvalue weighted by atomic mass is 10.5. The lowest BCUT2D eigenvalue weighted by Gasteiger charge is -1.96. The van der Waals surface area contributed by atoms with Crippen LogP contribution in [0.5, 0.6) is 0 Å². The third kappa shape index (κ3) is 2.39. The van der Waals surface area contributed by atoms with Crippen LogP contribution < -0.4 is 0 Å². The van der Waals surface area contributed by atoms with Crippen LogP contribution in [0.2, 0.25) is 0 Å². The molecule has 0 N–H and O–H groups in total. The van der Waals surface area contributed by atoms with Crippen LogP contribution in [0.15, 0.2) is 11.8 Å². The van der Waals surface area contributed by atoms with E-state index < -0.39 is 0 Å². The molecule has 0 atom stereocenters. The molecule has 0 spiro atoms. The van der Waals surface area contributed by atoms with Gasteiger partial charge in [-0.3, -0.25) is 4.79 Å². The van der Waals surface area contributed by atoms with Crippen molar-refractivity contribution in [1.82, 2.24) is 0 Å². The fraction of sp³-hybridized carbons (Fsp3) is 0.500. The predicted octanol–water partition coefficient (Wildman–Crippen LogP) is 1.13. The summed E-state index contributed by atoms with van der Waals surface area (Å²) in [4.78, 5) is 9.93. The third-order valence-electron chi connectivity index (χ3n) is 0.712. The molecule has 0 amide bonds. The van der Waals surface area contributed by atoms with Gasteiger partial charge < -0.3 is 4.74 Å². The number of ether oxygens (including phenoxy) is 1. The van der Waals surface area contributed by atoms with Crippen molar-refractivity contribution in [2.45, 2.75) is 13.8 Å². The Bertz CT molecular complexity index is 94.7. The largest absolute Gasteiger partial charge is 0.491 e. The maximum absolute atomic E-state index is 9.93. The van der Waals surface area contributed by atoms with Gasteiger partial charge in [0.15, 0.2) is 12.0 Å². The first kappa shape index (κ1) is 7.21. The zero-order chi connectivity index (χ0) is 6.41. The van der Waals surface area contributed by atoms with Crippen molar-refractivity contribution in [3.63, 3.8) is 0 Å². The van der Waals surface area contributed by atoms with Crippen molar-refractivity contribution < 1.29 is 9.53 Å². The monoisotopic (exact) mass is 114 g/mol. The van der Waals surface area contributed by atoms with E-state index in [1.807, 2.05) is 6.92 Å². The van der Waals surface area contributed by atoms with Gasteiger partial charge in [0, 0.05) is 0 Å². The SMILES string of the molecule is C/C=C(/C=O)OCC. The van der Waals surface area contributed by atoms with Gasteiger partial charge in [-0.05, 0) is 19.9 Å². The molecule has 0 saturated heterocycles. The number of carbonyl (C=O) groups excluding carboxylic acids is 1. The topological polar surface area (TPSA) is 26.3 Å². The molecule has 0 bridgehead atoms. The normalized spacial score (nSPS) is 11.0. The summed E-state index contributed by atoms with van der Waals surface area (Å²) in [6, 6.07) is 0. The van der Waals surface area contributed by atoms with E-state index in [4.69, 9.17) is 4.74 Å². The molecule has 0 aliphatic carbocycles. The Labute approximate surface area is 49.1 Å².